The second kappa shape index (κ2) is 75.6. The fourth-order valence-corrected chi connectivity index (χ4v) is 12.1. The van der Waals surface area contributed by atoms with Crippen molar-refractivity contribution in [2.24, 2.45) is 0 Å². The van der Waals surface area contributed by atoms with Crippen LogP contribution in [0, 0.1) is 0 Å². The van der Waals surface area contributed by atoms with Gasteiger partial charge in [-0.1, -0.05) is 379 Å². The summed E-state index contributed by atoms with van der Waals surface area (Å²) < 4.78 is 34.8. The second-order valence-electron chi connectivity index (χ2n) is 28.1. The van der Waals surface area contributed by atoms with Crippen molar-refractivity contribution in [3.05, 3.63) is 122 Å². The third-order valence-electron chi connectivity index (χ3n) is 17.5. The van der Waals surface area contributed by atoms with Crippen LogP contribution in [0.5, 0.6) is 0 Å². The lowest BCUT2D eigenvalue weighted by Crippen LogP contribution is -2.37. The van der Waals surface area contributed by atoms with Crippen molar-refractivity contribution in [3.63, 3.8) is 0 Å². The van der Waals surface area contributed by atoms with E-state index in [1.54, 1.807) is 0 Å². The van der Waals surface area contributed by atoms with E-state index in [9.17, 15) is 19.0 Å². The van der Waals surface area contributed by atoms with Crippen molar-refractivity contribution in [2.45, 2.75) is 367 Å². The van der Waals surface area contributed by atoms with Crippen molar-refractivity contribution in [1.82, 2.24) is 0 Å². The quantitative estimate of drug-likeness (QED) is 0.0211. The smallest absolute Gasteiger partial charge is 0.462 e. The predicted octanol–water partition coefficient (Wildman–Crippen LogP) is 26.9. The normalized spacial score (nSPS) is 13.7. The molecule has 0 bridgehead atoms. The fourth-order valence-electron chi connectivity index (χ4n) is 11.4. The van der Waals surface area contributed by atoms with E-state index in [0.717, 1.165) is 109 Å². The number of likely N-dealkylation sites (N-methyl/N-ethyl adjacent to an activating group) is 1. The Balaban J connectivity index is 4.01. The van der Waals surface area contributed by atoms with E-state index >= 15 is 0 Å². The summed E-state index contributed by atoms with van der Waals surface area (Å²) in [4.78, 5) is 36.0. The Morgan fingerprint density at radius 1 is 0.333 bits per heavy atom. The Labute approximate surface area is 594 Å². The van der Waals surface area contributed by atoms with Crippen LogP contribution in [0.4, 0.5) is 0 Å². The Hall–Kier alpha value is -3.59. The number of rotatable bonds is 74. The van der Waals surface area contributed by atoms with Gasteiger partial charge in [-0.3, -0.25) is 18.6 Å². The molecule has 0 rings (SSSR count). The molecule has 0 aromatic carbocycles. The molecule has 96 heavy (non-hydrogen) atoms. The lowest BCUT2D eigenvalue weighted by atomic mass is 10.0. The molecule has 0 aromatic heterocycles. The van der Waals surface area contributed by atoms with Gasteiger partial charge in [0.05, 0.1) is 27.7 Å². The number of hydrogen-bond acceptors (Lipinski definition) is 7. The highest BCUT2D eigenvalue weighted by Crippen LogP contribution is 2.43. The number of phosphoric ester groups is 1. The maximum absolute atomic E-state index is 12.9. The van der Waals surface area contributed by atoms with E-state index in [4.69, 9.17) is 18.5 Å². The lowest BCUT2D eigenvalue weighted by molar-refractivity contribution is -0.870. The first-order valence-electron chi connectivity index (χ1n) is 40.3. The summed E-state index contributed by atoms with van der Waals surface area (Å²) in [7, 11) is 1.48. The second-order valence-corrected chi connectivity index (χ2v) is 29.5. The zero-order chi connectivity index (χ0) is 69.7. The molecule has 0 aromatic rings. The summed E-state index contributed by atoms with van der Waals surface area (Å²) >= 11 is 0. The molecule has 0 saturated carbocycles. The van der Waals surface area contributed by atoms with Crippen LogP contribution in [0.1, 0.15) is 361 Å². The monoisotopic (exact) mass is 1360 g/mol. The first-order chi connectivity index (χ1) is 47.0. The van der Waals surface area contributed by atoms with Gasteiger partial charge in [0.15, 0.2) is 6.10 Å². The van der Waals surface area contributed by atoms with Gasteiger partial charge < -0.3 is 18.9 Å². The summed E-state index contributed by atoms with van der Waals surface area (Å²) in [6.07, 6.45) is 109. The summed E-state index contributed by atoms with van der Waals surface area (Å²) in [6.45, 7) is 4.36. The maximum Gasteiger partial charge on any atom is 0.472 e. The number of carbonyl (C=O) groups is 2. The van der Waals surface area contributed by atoms with E-state index in [-0.39, 0.29) is 32.0 Å². The van der Waals surface area contributed by atoms with E-state index < -0.39 is 26.5 Å². The van der Waals surface area contributed by atoms with Gasteiger partial charge in [-0.2, -0.15) is 0 Å². The van der Waals surface area contributed by atoms with Crippen LogP contribution in [0.15, 0.2) is 122 Å². The minimum Gasteiger partial charge on any atom is -0.462 e. The van der Waals surface area contributed by atoms with Gasteiger partial charge >= 0.3 is 19.8 Å². The highest BCUT2D eigenvalue weighted by molar-refractivity contribution is 7.47. The van der Waals surface area contributed by atoms with E-state index in [1.165, 1.54) is 218 Å². The van der Waals surface area contributed by atoms with Gasteiger partial charge in [-0.25, -0.2) is 4.57 Å². The van der Waals surface area contributed by atoms with E-state index in [1.807, 2.05) is 21.1 Å². The van der Waals surface area contributed by atoms with Gasteiger partial charge in [0.1, 0.15) is 19.8 Å². The van der Waals surface area contributed by atoms with Crippen LogP contribution in [0.25, 0.3) is 0 Å². The van der Waals surface area contributed by atoms with Gasteiger partial charge in [0.2, 0.25) is 0 Å². The Bertz CT molecular complexity index is 2040. The number of esters is 2. The first kappa shape index (κ1) is 92.4. The molecular formula is C86H153NO8P+. The lowest BCUT2D eigenvalue weighted by Gasteiger charge is -2.24. The average Bonchev–Trinajstić information content (AvgIpc) is 2.54. The van der Waals surface area contributed by atoms with Crippen molar-refractivity contribution < 1.29 is 42.1 Å². The molecule has 0 spiro atoms. The molecule has 0 aliphatic carbocycles. The van der Waals surface area contributed by atoms with Crippen molar-refractivity contribution in [3.8, 4) is 0 Å². The predicted molar refractivity (Wildman–Crippen MR) is 418 cm³/mol. The minimum atomic E-state index is -4.40. The molecule has 1 N–H and O–H groups in total. The molecule has 0 fully saturated rings. The molecule has 2 atom stereocenters. The van der Waals surface area contributed by atoms with Crippen LogP contribution in [-0.2, 0) is 32.7 Å². The maximum atomic E-state index is 12.9. The Morgan fingerprint density at radius 2 is 0.594 bits per heavy atom. The molecule has 0 heterocycles. The Kier molecular flexibility index (Phi) is 72.8. The SMILES string of the molecule is CC/C=C\C/C=C\C/C=C\C/C=C\C/C=C\C/C=C\C/C=C\C/C=C\C/C=C\C/C=C\CCCCCCCCCCCCC(=O)OC(COC(=O)CCCCCCCCCCCCCCCCCCCCCCCCCCCCCCCCC)COP(=O)(O)OCC[N+](C)(C)C. The molecule has 0 amide bonds. The number of unbranched alkanes of at least 4 members (excludes halogenated alkanes) is 40. The number of carbonyl (C=O) groups excluding carboxylic acids is 2. The summed E-state index contributed by atoms with van der Waals surface area (Å²) in [6, 6.07) is 0. The topological polar surface area (TPSA) is 108 Å². The largest absolute Gasteiger partial charge is 0.472 e. The van der Waals surface area contributed by atoms with E-state index in [0.29, 0.717) is 17.4 Å². The van der Waals surface area contributed by atoms with E-state index in [2.05, 4.69) is 135 Å². The zero-order valence-corrected chi connectivity index (χ0v) is 64.2. The third-order valence-corrected chi connectivity index (χ3v) is 18.5. The standard InChI is InChI=1S/C86H152NO8P/c1-6-8-10-12-14-16-18-20-22-24-26-28-30-32-34-36-38-39-40-41-42-43-44-45-46-47-49-51-53-55-57-59-61-63-65-67-69-71-73-75-77-79-86(89)95-84(83-94-96(90,91)93-81-80-87(3,4)5)82-92-85(88)78-76-74-72-70-68-66-64-62-60-58-56-54-52-50-48-37-35-33-31-29-27-25-23-21-19-17-15-13-11-9-7-2/h8,10,14,16,20,22,26,28,32,34,38-39,41-42,44-45,47,49,53,55,84H,6-7,9,11-13,15,17-19,21,23-25,27,29-31,33,35-37,40,43,46,48,50-52,54,56-83H2,1-5H3/p+1/b10-8-,16-14-,22-20-,28-26-,34-32-,39-38-,42-41-,45-44-,49-47-,55-53-. The minimum absolute atomic E-state index is 0.0280. The molecule has 0 radical (unpaired) electrons. The van der Waals surface area contributed by atoms with Crippen LogP contribution in [0.3, 0.4) is 0 Å². The van der Waals surface area contributed by atoms with Gasteiger partial charge in [-0.05, 0) is 89.9 Å². The van der Waals surface area contributed by atoms with Crippen LogP contribution in [-0.4, -0.2) is 74.9 Å². The molecule has 0 aliphatic rings. The summed E-state index contributed by atoms with van der Waals surface area (Å²) in [5, 5.41) is 0. The molecule has 10 heteroatoms. The zero-order valence-electron chi connectivity index (χ0n) is 63.3. The number of quaternary nitrogens is 1. The fraction of sp³-hybridized carbons (Fsp3) is 0.744. The van der Waals surface area contributed by atoms with Crippen LogP contribution in [0.2, 0.25) is 0 Å². The van der Waals surface area contributed by atoms with Crippen LogP contribution >= 0.6 is 7.82 Å². The molecule has 9 nitrogen and oxygen atoms in total. The van der Waals surface area contributed by atoms with Gasteiger partial charge in [-0.15, -0.1) is 0 Å². The number of phosphoric acid groups is 1. The number of allylic oxidation sites excluding steroid dienone is 20. The molecule has 2 unspecified atom stereocenters. The molecular weight excluding hydrogens is 1210 g/mol. The van der Waals surface area contributed by atoms with Crippen molar-refractivity contribution >= 4 is 19.8 Å². The van der Waals surface area contributed by atoms with Crippen LogP contribution < -0.4 is 0 Å². The highest BCUT2D eigenvalue weighted by Gasteiger charge is 2.27. The molecule has 554 valence electrons. The van der Waals surface area contributed by atoms with Gasteiger partial charge in [0, 0.05) is 12.8 Å². The van der Waals surface area contributed by atoms with Crippen molar-refractivity contribution in [2.75, 3.05) is 47.5 Å². The third kappa shape index (κ3) is 79.4. The molecule has 0 aliphatic heterocycles. The number of ether oxygens (including phenoxy) is 2. The molecule has 0 saturated heterocycles. The Morgan fingerprint density at radius 3 is 0.885 bits per heavy atom. The van der Waals surface area contributed by atoms with Crippen molar-refractivity contribution in [1.29, 1.82) is 0 Å². The average molecular weight is 1360 g/mol. The summed E-state index contributed by atoms with van der Waals surface area (Å²) in [5.74, 6) is -0.792. The first-order valence-corrected chi connectivity index (χ1v) is 41.8. The summed E-state index contributed by atoms with van der Waals surface area (Å²) in [5.41, 5.74) is 0. The highest BCUT2D eigenvalue weighted by atomic mass is 31.2. The number of hydrogen-bond donors (Lipinski definition) is 1. The van der Waals surface area contributed by atoms with Gasteiger partial charge in [0.25, 0.3) is 0 Å². The number of nitrogens with zero attached hydrogens (tertiary/aromatic N) is 1.